The molecule has 37 heavy (non-hydrogen) atoms. The minimum absolute atomic E-state index is 0.0694. The third-order valence-corrected chi connectivity index (χ3v) is 7.05. The number of carbonyl (C=O) groups is 1. The molecule has 0 bridgehead atoms. The van der Waals surface area contributed by atoms with Crippen molar-refractivity contribution < 1.29 is 22.4 Å². The molecule has 196 valence electrons. The van der Waals surface area contributed by atoms with E-state index in [1.165, 1.54) is 36.4 Å². The predicted molar refractivity (Wildman–Crippen MR) is 137 cm³/mol. The highest BCUT2D eigenvalue weighted by Crippen LogP contribution is 2.38. The van der Waals surface area contributed by atoms with Gasteiger partial charge in [-0.15, -0.1) is 0 Å². The van der Waals surface area contributed by atoms with Crippen molar-refractivity contribution in [2.45, 2.75) is 45.5 Å². The maximum atomic E-state index is 13.5. The Labute approximate surface area is 215 Å². The van der Waals surface area contributed by atoms with E-state index in [2.05, 4.69) is 17.0 Å². The molecule has 3 aromatic rings. The number of hydrogen-bond acceptors (Lipinski definition) is 2. The van der Waals surface area contributed by atoms with Gasteiger partial charge in [0.05, 0.1) is 5.56 Å². The van der Waals surface area contributed by atoms with Crippen molar-refractivity contribution in [3.63, 3.8) is 0 Å². The number of carbonyl (C=O) groups excluding carboxylic acids is 1. The van der Waals surface area contributed by atoms with E-state index < -0.39 is 17.6 Å². The van der Waals surface area contributed by atoms with E-state index in [-0.39, 0.29) is 23.8 Å². The van der Waals surface area contributed by atoms with Crippen LogP contribution in [0, 0.1) is 18.7 Å². The molecule has 1 fully saturated rings. The molecule has 1 aliphatic heterocycles. The first-order valence-electron chi connectivity index (χ1n) is 12.5. The van der Waals surface area contributed by atoms with Gasteiger partial charge in [0.15, 0.2) is 0 Å². The number of aryl methyl sites for hydroxylation is 1. The van der Waals surface area contributed by atoms with Gasteiger partial charge < -0.3 is 4.90 Å². The molecular weight excluding hydrogens is 480 g/mol. The van der Waals surface area contributed by atoms with Crippen LogP contribution >= 0.6 is 0 Å². The number of benzene rings is 3. The van der Waals surface area contributed by atoms with Gasteiger partial charge in [0, 0.05) is 43.7 Å². The zero-order valence-corrected chi connectivity index (χ0v) is 21.3. The Morgan fingerprint density at radius 1 is 1.00 bits per heavy atom. The molecule has 4 rings (SSSR count). The molecule has 3 aromatic carbocycles. The number of amides is 1. The molecule has 7 heteroatoms. The number of rotatable bonds is 7. The van der Waals surface area contributed by atoms with Crippen LogP contribution in [0.4, 0.5) is 17.6 Å². The van der Waals surface area contributed by atoms with E-state index in [1.54, 1.807) is 11.0 Å². The molecule has 0 aliphatic carbocycles. The minimum atomic E-state index is -4.42. The van der Waals surface area contributed by atoms with Crippen LogP contribution in [0.2, 0.25) is 0 Å². The average Bonchev–Trinajstić information content (AvgIpc) is 3.24. The summed E-state index contributed by atoms with van der Waals surface area (Å²) in [6.07, 6.45) is -4.42. The molecule has 1 heterocycles. The summed E-state index contributed by atoms with van der Waals surface area (Å²) < 4.78 is 53.9. The second-order valence-electron chi connectivity index (χ2n) is 10.2. The molecule has 0 saturated carbocycles. The Hall–Kier alpha value is -3.19. The van der Waals surface area contributed by atoms with E-state index in [4.69, 9.17) is 0 Å². The largest absolute Gasteiger partial charge is 0.416 e. The third kappa shape index (κ3) is 6.58. The predicted octanol–water partition coefficient (Wildman–Crippen LogP) is 6.92. The van der Waals surface area contributed by atoms with Crippen molar-refractivity contribution in [3.8, 4) is 0 Å². The standard InChI is InChI=1S/C30H32F4N2O/c1-20(2)36(29(37)23-10-12-27(31)13-11-23)18-25-17-35(16-22-7-4-6-21(3)14-22)19-28(25)24-8-5-9-26(15-24)30(32,33)34/h4-15,20,25,28H,16-19H2,1-3H3/t25-,28+/m0/s1. The summed E-state index contributed by atoms with van der Waals surface area (Å²) in [7, 11) is 0. The van der Waals surface area contributed by atoms with Gasteiger partial charge in [-0.1, -0.05) is 48.0 Å². The van der Waals surface area contributed by atoms with Gasteiger partial charge in [-0.3, -0.25) is 9.69 Å². The number of halogens is 4. The molecule has 0 unspecified atom stereocenters. The number of likely N-dealkylation sites (tertiary alicyclic amines) is 1. The molecule has 1 aliphatic rings. The molecule has 1 amide bonds. The summed E-state index contributed by atoms with van der Waals surface area (Å²) >= 11 is 0. The molecule has 3 nitrogen and oxygen atoms in total. The molecule has 0 spiro atoms. The molecular formula is C30H32F4N2O. The van der Waals surface area contributed by atoms with Crippen molar-refractivity contribution in [2.75, 3.05) is 19.6 Å². The summed E-state index contributed by atoms with van der Waals surface area (Å²) in [6, 6.07) is 19.1. The van der Waals surface area contributed by atoms with E-state index in [0.29, 0.717) is 37.3 Å². The van der Waals surface area contributed by atoms with Crippen molar-refractivity contribution in [3.05, 3.63) is 106 Å². The Kier molecular flexibility index (Phi) is 8.02. The highest BCUT2D eigenvalue weighted by atomic mass is 19.4. The second kappa shape index (κ2) is 11.1. The Bertz CT molecular complexity index is 1220. The molecule has 2 atom stereocenters. The fourth-order valence-corrected chi connectivity index (χ4v) is 5.21. The Morgan fingerprint density at radius 2 is 1.70 bits per heavy atom. The fraction of sp³-hybridized carbons (Fsp3) is 0.367. The van der Waals surface area contributed by atoms with Gasteiger partial charge in [-0.05, 0) is 68.1 Å². The number of hydrogen-bond donors (Lipinski definition) is 0. The highest BCUT2D eigenvalue weighted by Gasteiger charge is 2.38. The number of nitrogens with zero attached hydrogens (tertiary/aromatic N) is 2. The van der Waals surface area contributed by atoms with Gasteiger partial charge >= 0.3 is 6.18 Å². The minimum Gasteiger partial charge on any atom is -0.336 e. The Morgan fingerprint density at radius 3 is 2.35 bits per heavy atom. The smallest absolute Gasteiger partial charge is 0.336 e. The van der Waals surface area contributed by atoms with Gasteiger partial charge in [-0.25, -0.2) is 4.39 Å². The summed E-state index contributed by atoms with van der Waals surface area (Å²) in [4.78, 5) is 17.4. The lowest BCUT2D eigenvalue weighted by atomic mass is 9.87. The van der Waals surface area contributed by atoms with Crippen LogP contribution in [0.5, 0.6) is 0 Å². The first-order valence-corrected chi connectivity index (χ1v) is 12.5. The first-order chi connectivity index (χ1) is 17.5. The lowest BCUT2D eigenvalue weighted by Crippen LogP contribution is -2.42. The van der Waals surface area contributed by atoms with Crippen molar-refractivity contribution in [2.24, 2.45) is 5.92 Å². The normalized spacial score (nSPS) is 18.4. The zero-order chi connectivity index (χ0) is 26.7. The maximum Gasteiger partial charge on any atom is 0.416 e. The van der Waals surface area contributed by atoms with Crippen LogP contribution in [0.25, 0.3) is 0 Å². The van der Waals surface area contributed by atoms with Gasteiger partial charge in [0.25, 0.3) is 5.91 Å². The monoisotopic (exact) mass is 512 g/mol. The van der Waals surface area contributed by atoms with Crippen molar-refractivity contribution >= 4 is 5.91 Å². The summed E-state index contributed by atoms with van der Waals surface area (Å²) in [6.45, 7) is 8.18. The quantitative estimate of drug-likeness (QED) is 0.321. The van der Waals surface area contributed by atoms with E-state index >= 15 is 0 Å². The van der Waals surface area contributed by atoms with Crippen LogP contribution < -0.4 is 0 Å². The highest BCUT2D eigenvalue weighted by molar-refractivity contribution is 5.94. The average molecular weight is 513 g/mol. The van der Waals surface area contributed by atoms with E-state index in [9.17, 15) is 22.4 Å². The van der Waals surface area contributed by atoms with Crippen molar-refractivity contribution in [1.82, 2.24) is 9.80 Å². The summed E-state index contributed by atoms with van der Waals surface area (Å²) in [5.74, 6) is -0.871. The van der Waals surface area contributed by atoms with Gasteiger partial charge in [0.2, 0.25) is 0 Å². The van der Waals surface area contributed by atoms with Crippen LogP contribution in [0.3, 0.4) is 0 Å². The lowest BCUT2D eigenvalue weighted by molar-refractivity contribution is -0.137. The van der Waals surface area contributed by atoms with E-state index in [0.717, 1.165) is 17.2 Å². The van der Waals surface area contributed by atoms with E-state index in [1.807, 2.05) is 32.9 Å². The van der Waals surface area contributed by atoms with Crippen LogP contribution in [0.15, 0.2) is 72.8 Å². The third-order valence-electron chi connectivity index (χ3n) is 7.05. The van der Waals surface area contributed by atoms with Crippen molar-refractivity contribution in [1.29, 1.82) is 0 Å². The Balaban J connectivity index is 1.63. The van der Waals surface area contributed by atoms with Gasteiger partial charge in [-0.2, -0.15) is 13.2 Å². The SMILES string of the molecule is Cc1cccc(CN2C[C@@H](CN(C(=O)c3ccc(F)cc3)C(C)C)[C@@H](c3cccc(C(F)(F)F)c3)C2)c1. The zero-order valence-electron chi connectivity index (χ0n) is 21.3. The molecule has 0 N–H and O–H groups in total. The first kappa shape index (κ1) is 26.9. The lowest BCUT2D eigenvalue weighted by Gasteiger charge is -2.32. The molecule has 0 radical (unpaired) electrons. The van der Waals surface area contributed by atoms with Crippen LogP contribution in [0.1, 0.15) is 52.4 Å². The fourth-order valence-electron chi connectivity index (χ4n) is 5.21. The van der Waals surface area contributed by atoms with Gasteiger partial charge in [0.1, 0.15) is 5.82 Å². The van der Waals surface area contributed by atoms with Crippen LogP contribution in [-0.4, -0.2) is 41.4 Å². The topological polar surface area (TPSA) is 23.6 Å². The second-order valence-corrected chi connectivity index (χ2v) is 10.2. The molecule has 1 saturated heterocycles. The summed E-state index contributed by atoms with van der Waals surface area (Å²) in [5.41, 5.74) is 2.65. The van der Waals surface area contributed by atoms with Crippen LogP contribution in [-0.2, 0) is 12.7 Å². The summed E-state index contributed by atoms with van der Waals surface area (Å²) in [5, 5.41) is 0. The maximum absolute atomic E-state index is 13.5. The molecule has 0 aromatic heterocycles. The number of alkyl halides is 3.